The van der Waals surface area contributed by atoms with Crippen molar-refractivity contribution in [1.82, 2.24) is 20.0 Å². The molecule has 0 radical (unpaired) electrons. The number of likely N-dealkylation sites (tertiary alicyclic amines) is 1. The first-order valence-electron chi connectivity index (χ1n) is 9.09. The lowest BCUT2D eigenvalue weighted by Gasteiger charge is -2.25. The van der Waals surface area contributed by atoms with E-state index in [2.05, 4.69) is 65.3 Å². The molecule has 2 aromatic carbocycles. The Morgan fingerprint density at radius 3 is 2.65 bits per heavy atom. The standard InChI is InChI=1S/C21H25FN4/c1-14-4-6-15(7-5-14)18-11-26(13-21(18)25(2)3)12-20-17-10-16(22)8-9-19(17)23-24-20/h4-10,18,21H,11-13H2,1-3H3,(H,23,24). The van der Waals surface area contributed by atoms with Crippen LogP contribution in [0.1, 0.15) is 22.7 Å². The molecule has 2 atom stereocenters. The van der Waals surface area contributed by atoms with Crippen molar-refractivity contribution in [3.63, 3.8) is 0 Å². The van der Waals surface area contributed by atoms with Crippen molar-refractivity contribution in [2.24, 2.45) is 0 Å². The summed E-state index contributed by atoms with van der Waals surface area (Å²) in [5, 5.41) is 8.30. The summed E-state index contributed by atoms with van der Waals surface area (Å²) < 4.78 is 13.6. The van der Waals surface area contributed by atoms with E-state index in [4.69, 9.17) is 0 Å². The lowest BCUT2D eigenvalue weighted by Crippen LogP contribution is -2.34. The number of halogens is 1. The van der Waals surface area contributed by atoms with Gasteiger partial charge in [0.2, 0.25) is 0 Å². The van der Waals surface area contributed by atoms with Gasteiger partial charge in [0.25, 0.3) is 0 Å². The van der Waals surface area contributed by atoms with Gasteiger partial charge in [-0.25, -0.2) is 4.39 Å². The maximum absolute atomic E-state index is 13.6. The van der Waals surface area contributed by atoms with Crippen LogP contribution in [-0.2, 0) is 6.54 Å². The van der Waals surface area contributed by atoms with Gasteiger partial charge < -0.3 is 4.90 Å². The third-order valence-corrected chi connectivity index (χ3v) is 5.51. The van der Waals surface area contributed by atoms with Crippen LogP contribution in [0.4, 0.5) is 4.39 Å². The van der Waals surface area contributed by atoms with Crippen molar-refractivity contribution in [2.45, 2.75) is 25.4 Å². The van der Waals surface area contributed by atoms with E-state index in [1.54, 1.807) is 12.1 Å². The molecule has 5 heteroatoms. The average Bonchev–Trinajstić information content (AvgIpc) is 3.21. The number of aromatic nitrogens is 2. The van der Waals surface area contributed by atoms with Gasteiger partial charge in [0.15, 0.2) is 0 Å². The molecule has 1 aliphatic rings. The molecule has 2 unspecified atom stereocenters. The van der Waals surface area contributed by atoms with Crippen LogP contribution < -0.4 is 0 Å². The minimum Gasteiger partial charge on any atom is -0.305 e. The summed E-state index contributed by atoms with van der Waals surface area (Å²) in [6.07, 6.45) is 0. The third-order valence-electron chi connectivity index (χ3n) is 5.51. The zero-order valence-electron chi connectivity index (χ0n) is 15.5. The van der Waals surface area contributed by atoms with Gasteiger partial charge in [0, 0.05) is 37.0 Å². The van der Waals surface area contributed by atoms with Crippen LogP contribution in [0.2, 0.25) is 0 Å². The molecule has 3 aromatic rings. The van der Waals surface area contributed by atoms with Crippen molar-refractivity contribution in [1.29, 1.82) is 0 Å². The fourth-order valence-corrected chi connectivity index (χ4v) is 4.04. The Balaban J connectivity index is 1.57. The Kier molecular flexibility index (Phi) is 4.51. The second kappa shape index (κ2) is 6.82. The lowest BCUT2D eigenvalue weighted by molar-refractivity contribution is 0.259. The number of rotatable bonds is 4. The topological polar surface area (TPSA) is 35.2 Å². The maximum Gasteiger partial charge on any atom is 0.124 e. The fourth-order valence-electron chi connectivity index (χ4n) is 4.04. The monoisotopic (exact) mass is 352 g/mol. The van der Waals surface area contributed by atoms with Gasteiger partial charge in [-0.1, -0.05) is 29.8 Å². The molecule has 1 aromatic heterocycles. The molecule has 0 aliphatic carbocycles. The van der Waals surface area contributed by atoms with Gasteiger partial charge in [-0.3, -0.25) is 10.00 Å². The number of nitrogens with one attached hydrogen (secondary N) is 1. The molecule has 26 heavy (non-hydrogen) atoms. The van der Waals surface area contributed by atoms with Crippen molar-refractivity contribution in [3.8, 4) is 0 Å². The second-order valence-electron chi connectivity index (χ2n) is 7.61. The van der Waals surface area contributed by atoms with Crippen molar-refractivity contribution in [3.05, 3.63) is 65.1 Å². The highest BCUT2D eigenvalue weighted by molar-refractivity contribution is 5.81. The van der Waals surface area contributed by atoms with Crippen molar-refractivity contribution >= 4 is 10.9 Å². The Morgan fingerprint density at radius 2 is 1.92 bits per heavy atom. The summed E-state index contributed by atoms with van der Waals surface area (Å²) in [5.41, 5.74) is 4.48. The molecule has 1 N–H and O–H groups in total. The van der Waals surface area contributed by atoms with Crippen LogP contribution in [0.5, 0.6) is 0 Å². The summed E-state index contributed by atoms with van der Waals surface area (Å²) in [7, 11) is 4.30. The van der Waals surface area contributed by atoms with E-state index in [9.17, 15) is 4.39 Å². The van der Waals surface area contributed by atoms with Gasteiger partial charge >= 0.3 is 0 Å². The highest BCUT2D eigenvalue weighted by Crippen LogP contribution is 2.32. The molecule has 136 valence electrons. The van der Waals surface area contributed by atoms with Gasteiger partial charge in [-0.05, 0) is 44.8 Å². The van der Waals surface area contributed by atoms with E-state index in [1.165, 1.54) is 17.2 Å². The average molecular weight is 352 g/mol. The summed E-state index contributed by atoms with van der Waals surface area (Å²) >= 11 is 0. The number of likely N-dealkylation sites (N-methyl/N-ethyl adjacent to an activating group) is 1. The zero-order valence-corrected chi connectivity index (χ0v) is 15.5. The number of fused-ring (bicyclic) bond motifs is 1. The number of aryl methyl sites for hydroxylation is 1. The number of hydrogen-bond donors (Lipinski definition) is 1. The molecule has 0 bridgehead atoms. The molecule has 2 heterocycles. The smallest absolute Gasteiger partial charge is 0.124 e. The summed E-state index contributed by atoms with van der Waals surface area (Å²) in [6, 6.07) is 14.1. The molecular weight excluding hydrogens is 327 g/mol. The minimum atomic E-state index is -0.217. The number of H-pyrrole nitrogens is 1. The first kappa shape index (κ1) is 17.2. The van der Waals surface area contributed by atoms with Crippen LogP contribution >= 0.6 is 0 Å². The Labute approximate surface area is 153 Å². The largest absolute Gasteiger partial charge is 0.305 e. The Bertz CT molecular complexity index is 900. The number of hydrogen-bond acceptors (Lipinski definition) is 3. The molecule has 4 nitrogen and oxygen atoms in total. The van der Waals surface area contributed by atoms with Gasteiger partial charge in [-0.15, -0.1) is 0 Å². The highest BCUT2D eigenvalue weighted by atomic mass is 19.1. The molecule has 1 saturated heterocycles. The number of benzene rings is 2. The van der Waals surface area contributed by atoms with E-state index in [-0.39, 0.29) is 5.82 Å². The maximum atomic E-state index is 13.6. The first-order valence-corrected chi connectivity index (χ1v) is 9.09. The molecular formula is C21H25FN4. The molecule has 4 rings (SSSR count). The van der Waals surface area contributed by atoms with Crippen LogP contribution in [0.25, 0.3) is 10.9 Å². The van der Waals surface area contributed by atoms with E-state index in [0.29, 0.717) is 12.0 Å². The molecule has 1 aliphatic heterocycles. The van der Waals surface area contributed by atoms with E-state index < -0.39 is 0 Å². The highest BCUT2D eigenvalue weighted by Gasteiger charge is 2.35. The summed E-state index contributed by atoms with van der Waals surface area (Å²) in [4.78, 5) is 4.75. The Morgan fingerprint density at radius 1 is 1.15 bits per heavy atom. The zero-order chi connectivity index (χ0) is 18.3. The molecule has 0 spiro atoms. The van der Waals surface area contributed by atoms with E-state index >= 15 is 0 Å². The lowest BCUT2D eigenvalue weighted by atomic mass is 9.93. The predicted molar refractivity (Wildman–Crippen MR) is 103 cm³/mol. The number of nitrogens with zero attached hydrogens (tertiary/aromatic N) is 3. The van der Waals surface area contributed by atoms with Crippen LogP contribution in [0, 0.1) is 12.7 Å². The SMILES string of the molecule is Cc1ccc(C2CN(Cc3[nH]nc4ccc(F)cc34)CC2N(C)C)cc1. The van der Waals surface area contributed by atoms with E-state index in [1.807, 2.05) is 0 Å². The summed E-state index contributed by atoms with van der Waals surface area (Å²) in [6.45, 7) is 4.85. The molecule has 0 amide bonds. The molecule has 0 saturated carbocycles. The molecule has 1 fully saturated rings. The first-order chi connectivity index (χ1) is 12.5. The normalized spacial score (nSPS) is 21.1. The Hall–Kier alpha value is -2.24. The number of aromatic amines is 1. The predicted octanol–water partition coefficient (Wildman–Crippen LogP) is 3.54. The summed E-state index contributed by atoms with van der Waals surface area (Å²) in [5.74, 6) is 0.252. The van der Waals surface area contributed by atoms with E-state index in [0.717, 1.165) is 36.2 Å². The van der Waals surface area contributed by atoms with Gasteiger partial charge in [0.1, 0.15) is 5.82 Å². The van der Waals surface area contributed by atoms with Crippen molar-refractivity contribution in [2.75, 3.05) is 27.2 Å². The van der Waals surface area contributed by atoms with Gasteiger partial charge in [-0.2, -0.15) is 5.10 Å². The second-order valence-corrected chi connectivity index (χ2v) is 7.61. The third kappa shape index (κ3) is 3.24. The van der Waals surface area contributed by atoms with Crippen LogP contribution in [0.15, 0.2) is 42.5 Å². The van der Waals surface area contributed by atoms with Crippen molar-refractivity contribution < 1.29 is 4.39 Å². The van der Waals surface area contributed by atoms with Crippen LogP contribution in [-0.4, -0.2) is 53.2 Å². The quantitative estimate of drug-likeness (QED) is 0.780. The van der Waals surface area contributed by atoms with Crippen LogP contribution in [0.3, 0.4) is 0 Å². The minimum absolute atomic E-state index is 0.217. The fraction of sp³-hybridized carbons (Fsp3) is 0.381. The van der Waals surface area contributed by atoms with Gasteiger partial charge in [0.05, 0.1) is 11.2 Å².